The molecule has 0 aromatic carbocycles. The Balaban J connectivity index is 2.20. The van der Waals surface area contributed by atoms with Crippen LogP contribution in [0.25, 0.3) is 0 Å². The average molecular weight is 197 g/mol. The van der Waals surface area contributed by atoms with Gasteiger partial charge < -0.3 is 14.6 Å². The zero-order chi connectivity index (χ0) is 6.69. The summed E-state index contributed by atoms with van der Waals surface area (Å²) in [6.07, 6.45) is -0.283. The lowest BCUT2D eigenvalue weighted by molar-refractivity contribution is -0.0462. The van der Waals surface area contributed by atoms with Crippen molar-refractivity contribution in [1.29, 1.82) is 0 Å². The highest BCUT2D eigenvalue weighted by atomic mass is 79.9. The van der Waals surface area contributed by atoms with Gasteiger partial charge in [0.15, 0.2) is 6.29 Å². The van der Waals surface area contributed by atoms with Crippen LogP contribution < -0.4 is 0 Å². The Morgan fingerprint density at radius 1 is 1.67 bits per heavy atom. The number of aliphatic hydroxyl groups is 1. The molecule has 9 heavy (non-hydrogen) atoms. The van der Waals surface area contributed by atoms with Crippen LogP contribution in [-0.2, 0) is 9.47 Å². The monoisotopic (exact) mass is 196 g/mol. The van der Waals surface area contributed by atoms with Crippen molar-refractivity contribution in [3.05, 3.63) is 0 Å². The highest BCUT2D eigenvalue weighted by molar-refractivity contribution is 9.09. The van der Waals surface area contributed by atoms with Crippen molar-refractivity contribution in [3.8, 4) is 0 Å². The number of halogens is 1. The molecule has 0 saturated carbocycles. The van der Waals surface area contributed by atoms with E-state index in [4.69, 9.17) is 14.6 Å². The van der Waals surface area contributed by atoms with Gasteiger partial charge in [-0.2, -0.15) is 0 Å². The van der Waals surface area contributed by atoms with Crippen molar-refractivity contribution in [2.45, 2.75) is 12.4 Å². The highest BCUT2D eigenvalue weighted by Crippen LogP contribution is 2.12. The van der Waals surface area contributed by atoms with Gasteiger partial charge >= 0.3 is 0 Å². The lowest BCUT2D eigenvalue weighted by atomic mass is 10.4. The number of hydrogen-bond donors (Lipinski definition) is 1. The molecule has 0 unspecified atom stereocenters. The lowest BCUT2D eigenvalue weighted by Crippen LogP contribution is -2.16. The Labute approximate surface area is 62.1 Å². The van der Waals surface area contributed by atoms with Crippen molar-refractivity contribution in [2.75, 3.05) is 18.5 Å². The molecule has 1 aliphatic heterocycles. The van der Waals surface area contributed by atoms with E-state index >= 15 is 0 Å². The number of aliphatic hydroxyl groups excluding tert-OH is 1. The van der Waals surface area contributed by atoms with E-state index in [1.54, 1.807) is 0 Å². The van der Waals surface area contributed by atoms with Crippen molar-refractivity contribution >= 4 is 15.9 Å². The first-order valence-electron chi connectivity index (χ1n) is 2.80. The van der Waals surface area contributed by atoms with E-state index in [9.17, 15) is 0 Å². The molecule has 1 saturated heterocycles. The fourth-order valence-corrected chi connectivity index (χ4v) is 1.02. The van der Waals surface area contributed by atoms with Gasteiger partial charge in [-0.15, -0.1) is 0 Å². The minimum Gasteiger partial charge on any atom is -0.394 e. The van der Waals surface area contributed by atoms with Gasteiger partial charge in [-0.1, -0.05) is 15.9 Å². The van der Waals surface area contributed by atoms with Crippen LogP contribution in [0, 0.1) is 0 Å². The molecular formula is C5H9BrO3. The number of hydrogen-bond acceptors (Lipinski definition) is 3. The van der Waals surface area contributed by atoms with E-state index in [1.807, 2.05) is 0 Å². The number of alkyl halides is 1. The van der Waals surface area contributed by atoms with Crippen molar-refractivity contribution in [2.24, 2.45) is 0 Å². The van der Waals surface area contributed by atoms with Crippen molar-refractivity contribution in [3.63, 3.8) is 0 Å². The van der Waals surface area contributed by atoms with Crippen LogP contribution in [0.5, 0.6) is 0 Å². The third-order valence-electron chi connectivity index (χ3n) is 1.14. The summed E-state index contributed by atoms with van der Waals surface area (Å²) in [5.41, 5.74) is 0. The molecule has 0 aliphatic carbocycles. The molecule has 1 N–H and O–H groups in total. The second-order valence-corrected chi connectivity index (χ2v) is 2.51. The summed E-state index contributed by atoms with van der Waals surface area (Å²) < 4.78 is 10.2. The van der Waals surface area contributed by atoms with E-state index in [0.717, 1.165) is 0 Å². The first-order valence-corrected chi connectivity index (χ1v) is 3.93. The molecule has 1 rings (SSSR count). The number of ether oxygens (including phenoxy) is 2. The molecule has 4 heteroatoms. The molecule has 0 spiro atoms. The van der Waals surface area contributed by atoms with E-state index in [0.29, 0.717) is 11.9 Å². The van der Waals surface area contributed by atoms with E-state index in [2.05, 4.69) is 15.9 Å². The summed E-state index contributed by atoms with van der Waals surface area (Å²) >= 11 is 3.20. The van der Waals surface area contributed by atoms with Crippen LogP contribution in [0.15, 0.2) is 0 Å². The SMILES string of the molecule is OC[C@@H]1CO[C@H](CBr)O1. The largest absolute Gasteiger partial charge is 0.394 e. The van der Waals surface area contributed by atoms with Gasteiger partial charge in [0.2, 0.25) is 0 Å². The summed E-state index contributed by atoms with van der Waals surface area (Å²) in [5, 5.41) is 9.23. The van der Waals surface area contributed by atoms with Crippen LogP contribution in [0.4, 0.5) is 0 Å². The maximum absolute atomic E-state index is 8.56. The minimum atomic E-state index is -0.165. The lowest BCUT2D eigenvalue weighted by Gasteiger charge is -2.04. The Morgan fingerprint density at radius 3 is 2.78 bits per heavy atom. The van der Waals surface area contributed by atoms with Crippen molar-refractivity contribution in [1.82, 2.24) is 0 Å². The normalized spacial score (nSPS) is 35.3. The Hall–Kier alpha value is 0.360. The Kier molecular flexibility index (Phi) is 2.91. The van der Waals surface area contributed by atoms with Crippen LogP contribution >= 0.6 is 15.9 Å². The summed E-state index contributed by atoms with van der Waals surface area (Å²) in [7, 11) is 0. The zero-order valence-corrected chi connectivity index (χ0v) is 6.50. The standard InChI is InChI=1S/C5H9BrO3/c6-1-5-8-3-4(2-7)9-5/h4-5,7H,1-3H2/t4-,5+/m1/s1. The van der Waals surface area contributed by atoms with Gasteiger partial charge in [0, 0.05) is 0 Å². The fraction of sp³-hybridized carbons (Fsp3) is 1.00. The van der Waals surface area contributed by atoms with Gasteiger partial charge in [-0.05, 0) is 0 Å². The smallest absolute Gasteiger partial charge is 0.167 e. The fourth-order valence-electron chi connectivity index (χ4n) is 0.685. The molecule has 0 bridgehead atoms. The van der Waals surface area contributed by atoms with Crippen molar-refractivity contribution < 1.29 is 14.6 Å². The summed E-state index contributed by atoms with van der Waals surface area (Å²) in [6.45, 7) is 0.552. The van der Waals surface area contributed by atoms with E-state index in [1.165, 1.54) is 0 Å². The molecule has 0 aromatic rings. The molecule has 0 amide bonds. The quantitative estimate of drug-likeness (QED) is 0.638. The molecule has 2 atom stereocenters. The third-order valence-corrected chi connectivity index (χ3v) is 1.67. The number of rotatable bonds is 2. The van der Waals surface area contributed by atoms with Crippen LogP contribution in [-0.4, -0.2) is 36.0 Å². The van der Waals surface area contributed by atoms with Gasteiger partial charge in [-0.3, -0.25) is 0 Å². The molecule has 0 radical (unpaired) electrons. The third kappa shape index (κ3) is 1.89. The molecular weight excluding hydrogens is 188 g/mol. The topological polar surface area (TPSA) is 38.7 Å². The molecule has 3 nitrogen and oxygen atoms in total. The van der Waals surface area contributed by atoms with Crippen LogP contribution in [0.2, 0.25) is 0 Å². The maximum atomic E-state index is 8.56. The summed E-state index contributed by atoms with van der Waals surface area (Å²) in [5.74, 6) is 0. The van der Waals surface area contributed by atoms with Gasteiger partial charge in [-0.25, -0.2) is 0 Å². The Bertz CT molecular complexity index is 78.3. The predicted molar refractivity (Wildman–Crippen MR) is 35.5 cm³/mol. The van der Waals surface area contributed by atoms with Gasteiger partial charge in [0.1, 0.15) is 6.10 Å². The molecule has 1 heterocycles. The summed E-state index contributed by atoms with van der Waals surface area (Å²) in [6, 6.07) is 0. The van der Waals surface area contributed by atoms with Crippen LogP contribution in [0.1, 0.15) is 0 Å². The molecule has 1 fully saturated rings. The second-order valence-electron chi connectivity index (χ2n) is 1.86. The predicted octanol–water partition coefficient (Wildman–Crippen LogP) is 0.115. The second kappa shape index (κ2) is 3.51. The molecule has 0 aromatic heterocycles. The van der Waals surface area contributed by atoms with E-state index in [-0.39, 0.29) is 19.0 Å². The first-order chi connectivity index (χ1) is 4.36. The highest BCUT2D eigenvalue weighted by Gasteiger charge is 2.23. The minimum absolute atomic E-state index is 0.0451. The Morgan fingerprint density at radius 2 is 2.44 bits per heavy atom. The maximum Gasteiger partial charge on any atom is 0.167 e. The van der Waals surface area contributed by atoms with Crippen LogP contribution in [0.3, 0.4) is 0 Å². The average Bonchev–Trinajstić information content (AvgIpc) is 2.34. The first kappa shape index (κ1) is 7.47. The summed E-state index contributed by atoms with van der Waals surface area (Å²) in [4.78, 5) is 0. The zero-order valence-electron chi connectivity index (χ0n) is 4.92. The van der Waals surface area contributed by atoms with E-state index < -0.39 is 0 Å². The van der Waals surface area contributed by atoms with Gasteiger partial charge in [0.25, 0.3) is 0 Å². The van der Waals surface area contributed by atoms with Gasteiger partial charge in [0.05, 0.1) is 18.5 Å². The molecule has 54 valence electrons. The molecule has 1 aliphatic rings.